The number of aromatic nitrogens is 10. The number of hydrogen-bond donors (Lipinski definition) is 1. The van der Waals surface area contributed by atoms with E-state index in [-0.39, 0.29) is 23.6 Å². The molecular formula is C74H63BrN10O. The minimum absolute atomic E-state index is 0. The lowest BCUT2D eigenvalue weighted by molar-refractivity contribution is -0.704. The minimum atomic E-state index is -0.890. The summed E-state index contributed by atoms with van der Waals surface area (Å²) in [5, 5.41) is 41.0. The minimum Gasteiger partial charge on any atom is -1.00 e. The van der Waals surface area contributed by atoms with Crippen molar-refractivity contribution in [2.24, 2.45) is 0 Å². The Morgan fingerprint density at radius 1 is 0.407 bits per heavy atom. The van der Waals surface area contributed by atoms with Gasteiger partial charge >= 0.3 is 0 Å². The Morgan fingerprint density at radius 2 is 0.744 bits per heavy atom. The molecule has 0 saturated carbocycles. The summed E-state index contributed by atoms with van der Waals surface area (Å²) in [6.07, 6.45) is 5.22. The van der Waals surface area contributed by atoms with Gasteiger partial charge in [-0.25, -0.2) is 9.13 Å². The average Bonchev–Trinajstić information content (AvgIpc) is 1.45. The topological polar surface area (TPSA) is 116 Å². The monoisotopic (exact) mass is 1190 g/mol. The maximum atomic E-state index is 11.2. The zero-order valence-corrected chi connectivity index (χ0v) is 49.3. The van der Waals surface area contributed by atoms with E-state index < -0.39 is 11.1 Å². The molecular weight excluding hydrogens is 1120 g/mol. The highest BCUT2D eigenvalue weighted by Gasteiger charge is 2.43. The largest absolute Gasteiger partial charge is 1.00 e. The third kappa shape index (κ3) is 10.7. The van der Waals surface area contributed by atoms with Crippen molar-refractivity contribution in [2.75, 3.05) is 0 Å². The normalized spacial score (nSPS) is 11.6. The maximum Gasteiger partial charge on any atom is 0.283 e. The van der Waals surface area contributed by atoms with Gasteiger partial charge in [-0.1, -0.05) is 292 Å². The number of hydrogen-bond acceptors (Lipinski definition) is 7. The van der Waals surface area contributed by atoms with Crippen LogP contribution < -0.4 is 21.5 Å². The summed E-state index contributed by atoms with van der Waals surface area (Å²) in [6, 6.07) is 96.4. The molecule has 1 N–H and O–H groups in total. The molecule has 0 radical (unpaired) electrons. The summed E-state index contributed by atoms with van der Waals surface area (Å²) in [5.74, 6) is 1.92. The lowest BCUT2D eigenvalue weighted by Crippen LogP contribution is -3.00. The van der Waals surface area contributed by atoms with Crippen LogP contribution in [0.15, 0.2) is 285 Å². The van der Waals surface area contributed by atoms with Crippen LogP contribution in [0.3, 0.4) is 0 Å². The zero-order chi connectivity index (χ0) is 57.4. The highest BCUT2D eigenvalue weighted by Crippen LogP contribution is 2.43. The summed E-state index contributed by atoms with van der Waals surface area (Å²) in [7, 11) is 0. The van der Waals surface area contributed by atoms with E-state index in [1.165, 1.54) is 5.69 Å². The maximum absolute atomic E-state index is 11.2. The Morgan fingerprint density at radius 3 is 1.09 bits per heavy atom. The smallest absolute Gasteiger partial charge is 0.283 e. The lowest BCUT2D eigenvalue weighted by atomic mass is 9.77. The third-order valence-corrected chi connectivity index (χ3v) is 16.4. The van der Waals surface area contributed by atoms with Crippen LogP contribution in [0.1, 0.15) is 75.8 Å². The second kappa shape index (κ2) is 25.5. The average molecular weight is 1190 g/mol. The van der Waals surface area contributed by atoms with E-state index in [1.807, 2.05) is 48.5 Å². The first-order valence-electron chi connectivity index (χ1n) is 29.1. The third-order valence-electron chi connectivity index (χ3n) is 16.4. The van der Waals surface area contributed by atoms with Crippen LogP contribution in [0, 0.1) is 0 Å². The quantitative estimate of drug-likeness (QED) is 0.0597. The molecule has 12 heteroatoms. The van der Waals surface area contributed by atoms with Crippen molar-refractivity contribution in [3.8, 4) is 45.0 Å². The van der Waals surface area contributed by atoms with Crippen molar-refractivity contribution in [1.82, 2.24) is 45.0 Å². The fourth-order valence-corrected chi connectivity index (χ4v) is 12.2. The highest BCUT2D eigenvalue weighted by atomic mass is 79.9. The van der Waals surface area contributed by atoms with Crippen molar-refractivity contribution in [3.63, 3.8) is 0 Å². The van der Waals surface area contributed by atoms with Gasteiger partial charge in [0.15, 0.2) is 11.1 Å². The molecule has 0 saturated heterocycles. The molecule has 3 heterocycles. The van der Waals surface area contributed by atoms with E-state index in [0.717, 1.165) is 103 Å². The Balaban J connectivity index is 0.00000724. The molecule has 0 atom stereocenters. The van der Waals surface area contributed by atoms with Crippen molar-refractivity contribution in [2.45, 2.75) is 57.0 Å². The molecule has 0 bridgehead atoms. The number of halogens is 1. The van der Waals surface area contributed by atoms with Gasteiger partial charge in [0.05, 0.1) is 0 Å². The van der Waals surface area contributed by atoms with Crippen molar-refractivity contribution in [1.29, 1.82) is 0 Å². The molecule has 10 aromatic carbocycles. The molecule has 11 nitrogen and oxygen atoms in total. The number of benzene rings is 10. The number of aliphatic hydroxyl groups excluding tert-OH is 1. The predicted molar refractivity (Wildman–Crippen MR) is 334 cm³/mol. The number of aliphatic hydroxyl groups is 1. The first-order valence-corrected chi connectivity index (χ1v) is 29.1. The molecule has 13 aromatic rings. The molecule has 0 aliphatic heterocycles. The summed E-state index contributed by atoms with van der Waals surface area (Å²) >= 11 is 0. The summed E-state index contributed by atoms with van der Waals surface area (Å²) in [6.45, 7) is 3.32. The number of aryl methyl sites for hydroxylation is 1. The van der Waals surface area contributed by atoms with Gasteiger partial charge in [0, 0.05) is 17.5 Å². The van der Waals surface area contributed by atoms with E-state index in [9.17, 15) is 5.11 Å². The molecule has 422 valence electrons. The van der Waals surface area contributed by atoms with Gasteiger partial charge in [0.2, 0.25) is 11.6 Å². The van der Waals surface area contributed by atoms with Crippen LogP contribution in [-0.2, 0) is 37.2 Å². The standard InChI is InChI=1S/C74H63N10O.BrH/c1-2-3-38-65-53-81(51-55-43-47-57(48-44-55)66-39-22-24-41-68(66)71-75-79-83(77-71)73(59-26-10-4-11-27-59,60-28-12-5-13-29-60)61-30-14-6-15-31-61)70(54-85)82(65)52-56-45-49-58(50-46-56)67-40-23-25-42-69(67)72-76-80-84(78-72)74(62-32-16-7-17-33-62,63-34-18-8-19-35-63)64-36-20-9-21-37-64;/h4-37,39-50,53,85H,2-3,38,51-52,54H2,1H3;1H/q+1;/p-1. The van der Waals surface area contributed by atoms with Crippen LogP contribution in [0.2, 0.25) is 0 Å². The molecule has 86 heavy (non-hydrogen) atoms. The number of unbranched alkanes of at least 4 members (excludes halogenated alkanes) is 1. The Labute approximate surface area is 512 Å². The van der Waals surface area contributed by atoms with Gasteiger partial charge in [0.1, 0.15) is 31.6 Å². The zero-order valence-electron chi connectivity index (χ0n) is 47.7. The molecule has 0 spiro atoms. The molecule has 0 unspecified atom stereocenters. The SMILES string of the molecule is CCCCc1cn(Cc2ccc(-c3ccccc3-c3nnn(C(c4ccccc4)(c4ccccc4)c4ccccc4)n3)cc2)c(CO)[n+]1Cc1ccc(-c2ccccc2-c2nnn(C(c3ccccc3)(c3ccccc3)c3ccccc3)n2)cc1.[Br-]. The fourth-order valence-electron chi connectivity index (χ4n) is 12.2. The van der Waals surface area contributed by atoms with Gasteiger partial charge in [0.25, 0.3) is 5.82 Å². The van der Waals surface area contributed by atoms with Crippen molar-refractivity contribution in [3.05, 3.63) is 341 Å². The Bertz CT molecular complexity index is 4120. The Hall–Kier alpha value is -10.0. The number of imidazole rings is 1. The molecule has 0 amide bonds. The first kappa shape index (κ1) is 56.5. The van der Waals surface area contributed by atoms with Crippen molar-refractivity contribution < 1.29 is 26.7 Å². The van der Waals surface area contributed by atoms with Crippen LogP contribution >= 0.6 is 0 Å². The molecule has 0 aliphatic carbocycles. The molecule has 0 aliphatic rings. The number of tetrazole rings is 2. The second-order valence-corrected chi connectivity index (χ2v) is 21.4. The van der Waals surface area contributed by atoms with Gasteiger partial charge in [-0.3, -0.25) is 0 Å². The summed E-state index contributed by atoms with van der Waals surface area (Å²) in [4.78, 5) is 3.55. The van der Waals surface area contributed by atoms with Crippen molar-refractivity contribution >= 4 is 0 Å². The van der Waals surface area contributed by atoms with E-state index in [2.05, 4.69) is 253 Å². The predicted octanol–water partition coefficient (Wildman–Crippen LogP) is 11.0. The number of rotatable bonds is 20. The van der Waals surface area contributed by atoms with Gasteiger partial charge in [-0.2, -0.15) is 0 Å². The molecule has 0 fully saturated rings. The van der Waals surface area contributed by atoms with E-state index in [0.29, 0.717) is 24.7 Å². The van der Waals surface area contributed by atoms with E-state index in [1.54, 1.807) is 9.59 Å². The van der Waals surface area contributed by atoms with Gasteiger partial charge in [-0.05, 0) is 83.6 Å². The van der Waals surface area contributed by atoms with Crippen LogP contribution in [0.25, 0.3) is 45.0 Å². The number of nitrogens with zero attached hydrogens (tertiary/aromatic N) is 10. The lowest BCUT2D eigenvalue weighted by Gasteiger charge is -2.34. The highest BCUT2D eigenvalue weighted by molar-refractivity contribution is 5.81. The second-order valence-electron chi connectivity index (χ2n) is 21.4. The van der Waals surface area contributed by atoms with Crippen LogP contribution in [0.5, 0.6) is 0 Å². The van der Waals surface area contributed by atoms with Crippen LogP contribution in [0.4, 0.5) is 0 Å². The summed E-state index contributed by atoms with van der Waals surface area (Å²) in [5.41, 5.74) is 13.6. The molecule has 3 aromatic heterocycles. The fraction of sp³-hybridized carbons (Fsp3) is 0.122. The Kier molecular flexibility index (Phi) is 16.7. The molecule has 13 rings (SSSR count). The van der Waals surface area contributed by atoms with Gasteiger partial charge < -0.3 is 22.1 Å². The van der Waals surface area contributed by atoms with E-state index in [4.69, 9.17) is 30.8 Å². The van der Waals surface area contributed by atoms with Gasteiger partial charge in [-0.15, -0.1) is 30.0 Å². The first-order chi connectivity index (χ1) is 42.1. The summed E-state index contributed by atoms with van der Waals surface area (Å²) < 4.78 is 4.51. The van der Waals surface area contributed by atoms with Crippen LogP contribution in [-0.4, -0.2) is 50.1 Å². The van der Waals surface area contributed by atoms with E-state index >= 15 is 0 Å².